The summed E-state index contributed by atoms with van der Waals surface area (Å²) in [6, 6.07) is 6.86. The second-order valence-electron chi connectivity index (χ2n) is 8.94. The number of anilines is 1. The summed E-state index contributed by atoms with van der Waals surface area (Å²) in [5.41, 5.74) is 2.46. The van der Waals surface area contributed by atoms with E-state index in [2.05, 4.69) is 12.2 Å². The topological polar surface area (TPSA) is 92.8 Å². The minimum absolute atomic E-state index is 0.141. The van der Waals surface area contributed by atoms with Crippen LogP contribution in [-0.4, -0.2) is 41.7 Å². The minimum Gasteiger partial charge on any atom is -0.462 e. The van der Waals surface area contributed by atoms with Crippen LogP contribution in [-0.2, 0) is 22.4 Å². The number of rotatable bonds is 9. The Hall–Kier alpha value is -3.00. The van der Waals surface area contributed by atoms with Crippen LogP contribution in [0.1, 0.15) is 87.5 Å². The van der Waals surface area contributed by atoms with Gasteiger partial charge in [-0.25, -0.2) is 4.79 Å². The molecule has 0 saturated heterocycles. The molecular weight excluding hydrogens is 452 g/mol. The predicted octanol–water partition coefficient (Wildman–Crippen LogP) is 4.84. The number of esters is 1. The van der Waals surface area contributed by atoms with Gasteiger partial charge in [-0.1, -0.05) is 25.5 Å². The van der Waals surface area contributed by atoms with Crippen molar-refractivity contribution in [2.45, 2.75) is 58.8 Å². The van der Waals surface area contributed by atoms with E-state index in [1.807, 2.05) is 0 Å². The molecule has 2 heterocycles. The maximum atomic E-state index is 12.6. The molecule has 1 N–H and O–H groups in total. The molecule has 0 radical (unpaired) electrons. The van der Waals surface area contributed by atoms with Gasteiger partial charge in [-0.05, 0) is 62.6 Å². The summed E-state index contributed by atoms with van der Waals surface area (Å²) < 4.78 is 5.26. The van der Waals surface area contributed by atoms with Crippen LogP contribution in [0, 0.1) is 5.92 Å². The largest absolute Gasteiger partial charge is 0.462 e. The maximum Gasteiger partial charge on any atom is 0.341 e. The Kier molecular flexibility index (Phi) is 7.46. The number of thiophene rings is 1. The second-order valence-corrected chi connectivity index (χ2v) is 10.0. The summed E-state index contributed by atoms with van der Waals surface area (Å²) in [4.78, 5) is 52.5. The van der Waals surface area contributed by atoms with Crippen LogP contribution >= 0.6 is 11.3 Å². The Balaban J connectivity index is 1.28. The van der Waals surface area contributed by atoms with E-state index in [4.69, 9.17) is 4.74 Å². The standard InChI is InChI=1S/C26H30N2O5S/c1-3-33-26(32)22-19-13-12-16(2)15-20(19)34-23(22)27-21(29)11-5-4-8-14-28-24(30)17-9-6-7-10-18(17)25(28)31/h6-7,9-10,16H,3-5,8,11-15H2,1-2H3,(H,27,29)/t16-/m0/s1. The molecule has 0 bridgehead atoms. The molecular formula is C26H30N2O5S. The van der Waals surface area contributed by atoms with Gasteiger partial charge < -0.3 is 10.1 Å². The number of nitrogens with one attached hydrogen (secondary N) is 1. The van der Waals surface area contributed by atoms with Gasteiger partial charge in [0.05, 0.1) is 23.3 Å². The molecule has 0 saturated carbocycles. The van der Waals surface area contributed by atoms with Crippen molar-refractivity contribution in [3.8, 4) is 0 Å². The van der Waals surface area contributed by atoms with E-state index >= 15 is 0 Å². The van der Waals surface area contributed by atoms with Crippen molar-refractivity contribution in [3.05, 3.63) is 51.4 Å². The van der Waals surface area contributed by atoms with Crippen molar-refractivity contribution in [1.82, 2.24) is 4.90 Å². The van der Waals surface area contributed by atoms with E-state index in [1.54, 1.807) is 31.2 Å². The fourth-order valence-electron chi connectivity index (χ4n) is 4.62. The van der Waals surface area contributed by atoms with E-state index in [1.165, 1.54) is 16.2 Å². The third-order valence-electron chi connectivity index (χ3n) is 6.41. The first-order chi connectivity index (χ1) is 16.4. The Morgan fingerprint density at radius 2 is 1.82 bits per heavy atom. The zero-order chi connectivity index (χ0) is 24.2. The summed E-state index contributed by atoms with van der Waals surface area (Å²) >= 11 is 1.49. The van der Waals surface area contributed by atoms with Crippen molar-refractivity contribution < 1.29 is 23.9 Å². The van der Waals surface area contributed by atoms with Gasteiger partial charge in [-0.3, -0.25) is 19.3 Å². The van der Waals surface area contributed by atoms with Crippen LogP contribution in [0.3, 0.4) is 0 Å². The van der Waals surface area contributed by atoms with E-state index in [0.29, 0.717) is 66.4 Å². The fraction of sp³-hybridized carbons (Fsp3) is 0.462. The smallest absolute Gasteiger partial charge is 0.341 e. The van der Waals surface area contributed by atoms with Crippen molar-refractivity contribution in [3.63, 3.8) is 0 Å². The quantitative estimate of drug-likeness (QED) is 0.313. The molecule has 2 aromatic rings. The lowest BCUT2D eigenvalue weighted by molar-refractivity contribution is -0.116. The molecule has 1 atom stereocenters. The highest BCUT2D eigenvalue weighted by Gasteiger charge is 2.34. The lowest BCUT2D eigenvalue weighted by Crippen LogP contribution is -2.30. The number of imide groups is 1. The first kappa shape index (κ1) is 24.1. The molecule has 4 rings (SSSR count). The molecule has 3 amide bonds. The van der Waals surface area contributed by atoms with Gasteiger partial charge >= 0.3 is 5.97 Å². The molecule has 0 fully saturated rings. The maximum absolute atomic E-state index is 12.6. The summed E-state index contributed by atoms with van der Waals surface area (Å²) in [6.45, 7) is 4.61. The third-order valence-corrected chi connectivity index (χ3v) is 7.58. The van der Waals surface area contributed by atoms with E-state index in [0.717, 1.165) is 29.7 Å². The van der Waals surface area contributed by atoms with Crippen molar-refractivity contribution in [2.24, 2.45) is 5.92 Å². The highest BCUT2D eigenvalue weighted by molar-refractivity contribution is 7.17. The average molecular weight is 483 g/mol. The van der Waals surface area contributed by atoms with Crippen molar-refractivity contribution in [2.75, 3.05) is 18.5 Å². The molecule has 1 aliphatic carbocycles. The highest BCUT2D eigenvalue weighted by Crippen LogP contribution is 2.40. The van der Waals surface area contributed by atoms with Gasteiger partial charge in [0.25, 0.3) is 11.8 Å². The molecule has 2 aliphatic rings. The number of ether oxygens (including phenoxy) is 1. The number of hydrogen-bond donors (Lipinski definition) is 1. The Labute approximate surface area is 203 Å². The van der Waals surface area contributed by atoms with Crippen LogP contribution < -0.4 is 5.32 Å². The monoisotopic (exact) mass is 482 g/mol. The number of unbranched alkanes of at least 4 members (excludes halogenated alkanes) is 2. The van der Waals surface area contributed by atoms with Gasteiger partial charge in [0.15, 0.2) is 0 Å². The Bertz CT molecular complexity index is 1090. The SMILES string of the molecule is CCOC(=O)c1c(NC(=O)CCCCCN2C(=O)c3ccccc3C2=O)sc2c1CC[C@H](C)C2. The lowest BCUT2D eigenvalue weighted by atomic mass is 9.88. The van der Waals surface area contributed by atoms with Crippen molar-refractivity contribution >= 4 is 40.0 Å². The molecule has 8 heteroatoms. The first-order valence-corrected chi connectivity index (χ1v) is 12.8. The average Bonchev–Trinajstić information content (AvgIpc) is 3.28. The fourth-order valence-corrected chi connectivity index (χ4v) is 6.04. The van der Waals surface area contributed by atoms with E-state index in [9.17, 15) is 19.2 Å². The van der Waals surface area contributed by atoms with Crippen LogP contribution in [0.15, 0.2) is 24.3 Å². The summed E-state index contributed by atoms with van der Waals surface area (Å²) in [5.74, 6) is -0.447. The van der Waals surface area contributed by atoms with Crippen LogP contribution in [0.2, 0.25) is 0 Å². The molecule has 1 aliphatic heterocycles. The normalized spacial score (nSPS) is 16.9. The molecule has 0 unspecified atom stereocenters. The molecule has 7 nitrogen and oxygen atoms in total. The molecule has 1 aromatic heterocycles. The number of fused-ring (bicyclic) bond motifs is 2. The number of benzene rings is 1. The number of carbonyl (C=O) groups excluding carboxylic acids is 4. The van der Waals surface area contributed by atoms with Crippen LogP contribution in [0.4, 0.5) is 5.00 Å². The van der Waals surface area contributed by atoms with Gasteiger partial charge in [0.1, 0.15) is 5.00 Å². The van der Waals surface area contributed by atoms with Crippen LogP contribution in [0.25, 0.3) is 0 Å². The van der Waals surface area contributed by atoms with Crippen LogP contribution in [0.5, 0.6) is 0 Å². The Morgan fingerprint density at radius 3 is 2.50 bits per heavy atom. The van der Waals surface area contributed by atoms with Gasteiger partial charge in [0.2, 0.25) is 5.91 Å². The molecule has 180 valence electrons. The molecule has 34 heavy (non-hydrogen) atoms. The highest BCUT2D eigenvalue weighted by atomic mass is 32.1. The summed E-state index contributed by atoms with van der Waals surface area (Å²) in [6.07, 6.45) is 5.06. The number of nitrogens with zero attached hydrogens (tertiary/aromatic N) is 1. The zero-order valence-electron chi connectivity index (χ0n) is 19.6. The number of amides is 3. The predicted molar refractivity (Wildman–Crippen MR) is 130 cm³/mol. The first-order valence-electron chi connectivity index (χ1n) is 12.0. The Morgan fingerprint density at radius 1 is 1.12 bits per heavy atom. The zero-order valence-corrected chi connectivity index (χ0v) is 20.5. The van der Waals surface area contributed by atoms with Gasteiger partial charge in [-0.2, -0.15) is 0 Å². The summed E-state index contributed by atoms with van der Waals surface area (Å²) in [5, 5.41) is 3.53. The van der Waals surface area contributed by atoms with Crippen molar-refractivity contribution in [1.29, 1.82) is 0 Å². The van der Waals surface area contributed by atoms with E-state index in [-0.39, 0.29) is 23.7 Å². The number of carbonyl (C=O) groups is 4. The third kappa shape index (κ3) is 4.92. The van der Waals surface area contributed by atoms with Gasteiger partial charge in [0, 0.05) is 17.8 Å². The number of hydrogen-bond acceptors (Lipinski definition) is 6. The molecule has 1 aromatic carbocycles. The molecule has 0 spiro atoms. The summed E-state index contributed by atoms with van der Waals surface area (Å²) in [7, 11) is 0. The minimum atomic E-state index is -0.370. The van der Waals surface area contributed by atoms with Gasteiger partial charge in [-0.15, -0.1) is 11.3 Å². The van der Waals surface area contributed by atoms with E-state index < -0.39 is 0 Å². The second kappa shape index (κ2) is 10.5. The lowest BCUT2D eigenvalue weighted by Gasteiger charge is -2.18.